The van der Waals surface area contributed by atoms with Crippen molar-refractivity contribution in [2.45, 2.75) is 13.0 Å². The van der Waals surface area contributed by atoms with Gasteiger partial charge in [-0.1, -0.05) is 48.0 Å². The fourth-order valence-electron chi connectivity index (χ4n) is 2.52. The monoisotopic (exact) mass is 346 g/mol. The standard InChI is InChI=1S/C19H23ClN2O2/c1-22(13-16-8-3-5-9-17(16)20)14-19(23)21-12-11-15-7-4-6-10-18(15)24-2/h3-10H,11-14H2,1-2H3,(H,21,23). The number of carbonyl (C=O) groups is 1. The highest BCUT2D eigenvalue weighted by molar-refractivity contribution is 6.31. The van der Waals surface area contributed by atoms with Crippen molar-refractivity contribution in [1.82, 2.24) is 10.2 Å². The number of nitrogens with zero attached hydrogens (tertiary/aromatic N) is 1. The van der Waals surface area contributed by atoms with E-state index in [1.165, 1.54) is 0 Å². The third kappa shape index (κ3) is 5.55. The van der Waals surface area contributed by atoms with E-state index in [4.69, 9.17) is 16.3 Å². The Kier molecular flexibility index (Phi) is 7.09. The Hall–Kier alpha value is -2.04. The number of hydrogen-bond donors (Lipinski definition) is 1. The predicted molar refractivity (Wildman–Crippen MR) is 97.5 cm³/mol. The molecule has 0 atom stereocenters. The molecule has 0 radical (unpaired) electrons. The Morgan fingerprint density at radius 2 is 1.79 bits per heavy atom. The number of rotatable bonds is 8. The topological polar surface area (TPSA) is 41.6 Å². The van der Waals surface area contributed by atoms with Crippen molar-refractivity contribution in [2.75, 3.05) is 27.2 Å². The number of ether oxygens (including phenoxy) is 1. The maximum atomic E-state index is 12.1. The minimum absolute atomic E-state index is 0.000508. The third-order valence-corrected chi connectivity index (χ3v) is 4.09. The smallest absolute Gasteiger partial charge is 0.234 e. The first-order valence-corrected chi connectivity index (χ1v) is 8.28. The Labute approximate surface area is 148 Å². The second-order valence-electron chi connectivity index (χ2n) is 5.68. The predicted octanol–water partition coefficient (Wildman–Crippen LogP) is 3.14. The van der Waals surface area contributed by atoms with Crippen LogP contribution in [0.4, 0.5) is 0 Å². The maximum Gasteiger partial charge on any atom is 0.234 e. The summed E-state index contributed by atoms with van der Waals surface area (Å²) in [5.74, 6) is 0.849. The molecule has 0 unspecified atom stereocenters. The molecule has 0 aliphatic carbocycles. The summed E-state index contributed by atoms with van der Waals surface area (Å²) in [4.78, 5) is 14.0. The highest BCUT2D eigenvalue weighted by Gasteiger charge is 2.09. The van der Waals surface area contributed by atoms with Crippen LogP contribution in [0.15, 0.2) is 48.5 Å². The number of hydrogen-bond acceptors (Lipinski definition) is 3. The molecule has 1 amide bonds. The van der Waals surface area contributed by atoms with Gasteiger partial charge in [0, 0.05) is 18.1 Å². The van der Waals surface area contributed by atoms with Gasteiger partial charge in [-0.25, -0.2) is 0 Å². The molecular formula is C19H23ClN2O2. The van der Waals surface area contributed by atoms with Gasteiger partial charge >= 0.3 is 0 Å². The molecule has 0 saturated carbocycles. The van der Waals surface area contributed by atoms with Gasteiger partial charge in [-0.3, -0.25) is 9.69 Å². The lowest BCUT2D eigenvalue weighted by atomic mass is 10.1. The summed E-state index contributed by atoms with van der Waals surface area (Å²) in [6.45, 7) is 1.55. The van der Waals surface area contributed by atoms with Gasteiger partial charge in [-0.05, 0) is 36.7 Å². The number of likely N-dealkylation sites (N-methyl/N-ethyl adjacent to an activating group) is 1. The fourth-order valence-corrected chi connectivity index (χ4v) is 2.72. The first kappa shape index (κ1) is 18.3. The van der Waals surface area contributed by atoms with E-state index >= 15 is 0 Å². The first-order valence-electron chi connectivity index (χ1n) is 7.90. The molecule has 0 bridgehead atoms. The lowest BCUT2D eigenvalue weighted by Crippen LogP contribution is -2.35. The summed E-state index contributed by atoms with van der Waals surface area (Å²) in [6, 6.07) is 15.5. The van der Waals surface area contributed by atoms with Gasteiger partial charge in [0.15, 0.2) is 0 Å². The molecule has 5 heteroatoms. The minimum Gasteiger partial charge on any atom is -0.496 e. The van der Waals surface area contributed by atoms with Gasteiger partial charge in [0.2, 0.25) is 5.91 Å². The zero-order chi connectivity index (χ0) is 17.4. The van der Waals surface area contributed by atoms with E-state index in [2.05, 4.69) is 5.32 Å². The second-order valence-corrected chi connectivity index (χ2v) is 6.08. The largest absolute Gasteiger partial charge is 0.496 e. The van der Waals surface area contributed by atoms with E-state index in [1.54, 1.807) is 7.11 Å². The minimum atomic E-state index is -0.000508. The third-order valence-electron chi connectivity index (χ3n) is 3.72. The Bertz CT molecular complexity index is 676. The molecule has 0 heterocycles. The highest BCUT2D eigenvalue weighted by atomic mass is 35.5. The van der Waals surface area contributed by atoms with Crippen LogP contribution in [0.5, 0.6) is 5.75 Å². The summed E-state index contributed by atoms with van der Waals surface area (Å²) in [7, 11) is 3.56. The van der Waals surface area contributed by atoms with E-state index in [-0.39, 0.29) is 5.91 Å². The highest BCUT2D eigenvalue weighted by Crippen LogP contribution is 2.17. The van der Waals surface area contributed by atoms with Crippen molar-refractivity contribution in [2.24, 2.45) is 0 Å². The molecule has 2 aromatic carbocycles. The molecule has 2 aromatic rings. The molecule has 0 aliphatic rings. The van der Waals surface area contributed by atoms with E-state index in [0.717, 1.165) is 28.3 Å². The van der Waals surface area contributed by atoms with Crippen molar-refractivity contribution in [3.63, 3.8) is 0 Å². The van der Waals surface area contributed by atoms with E-state index in [0.29, 0.717) is 19.6 Å². The zero-order valence-electron chi connectivity index (χ0n) is 14.1. The van der Waals surface area contributed by atoms with Gasteiger partial charge in [0.05, 0.1) is 13.7 Å². The zero-order valence-corrected chi connectivity index (χ0v) is 14.8. The van der Waals surface area contributed by atoms with Crippen LogP contribution in [0, 0.1) is 0 Å². The Morgan fingerprint density at radius 3 is 2.50 bits per heavy atom. The summed E-state index contributed by atoms with van der Waals surface area (Å²) in [6.07, 6.45) is 0.740. The number of carbonyl (C=O) groups excluding carboxylic acids is 1. The summed E-state index contributed by atoms with van der Waals surface area (Å²) < 4.78 is 5.31. The van der Waals surface area contributed by atoms with Crippen LogP contribution in [-0.2, 0) is 17.8 Å². The van der Waals surface area contributed by atoms with Crippen molar-refractivity contribution >= 4 is 17.5 Å². The molecule has 0 aliphatic heterocycles. The lowest BCUT2D eigenvalue weighted by Gasteiger charge is -2.17. The van der Waals surface area contributed by atoms with E-state index in [9.17, 15) is 4.79 Å². The van der Waals surface area contributed by atoms with Gasteiger partial charge in [0.1, 0.15) is 5.75 Å². The van der Waals surface area contributed by atoms with Crippen molar-refractivity contribution in [3.05, 3.63) is 64.7 Å². The summed E-state index contributed by atoms with van der Waals surface area (Å²) in [5.41, 5.74) is 2.10. The molecule has 0 fully saturated rings. The van der Waals surface area contributed by atoms with Gasteiger partial charge in [0.25, 0.3) is 0 Å². The molecule has 1 N–H and O–H groups in total. The van der Waals surface area contributed by atoms with Crippen LogP contribution < -0.4 is 10.1 Å². The van der Waals surface area contributed by atoms with Crippen LogP contribution in [-0.4, -0.2) is 38.1 Å². The lowest BCUT2D eigenvalue weighted by molar-refractivity contribution is -0.122. The molecule has 0 saturated heterocycles. The summed E-state index contributed by atoms with van der Waals surface area (Å²) >= 11 is 6.15. The number of para-hydroxylation sites is 1. The van der Waals surface area contributed by atoms with Crippen molar-refractivity contribution in [3.8, 4) is 5.75 Å². The normalized spacial score (nSPS) is 10.7. The van der Waals surface area contributed by atoms with E-state index < -0.39 is 0 Å². The molecule has 0 spiro atoms. The second kappa shape index (κ2) is 9.30. The quantitative estimate of drug-likeness (QED) is 0.798. The average Bonchev–Trinajstić information content (AvgIpc) is 2.57. The van der Waals surface area contributed by atoms with Crippen LogP contribution in [0.1, 0.15) is 11.1 Å². The van der Waals surface area contributed by atoms with Gasteiger partial charge in [-0.15, -0.1) is 0 Å². The summed E-state index contributed by atoms with van der Waals surface area (Å²) in [5, 5.41) is 3.67. The van der Waals surface area contributed by atoms with Crippen LogP contribution in [0.2, 0.25) is 5.02 Å². The Morgan fingerprint density at radius 1 is 1.12 bits per heavy atom. The van der Waals surface area contributed by atoms with E-state index in [1.807, 2.05) is 60.5 Å². The van der Waals surface area contributed by atoms with Crippen LogP contribution in [0.25, 0.3) is 0 Å². The van der Waals surface area contributed by atoms with Crippen LogP contribution >= 0.6 is 11.6 Å². The number of halogens is 1. The van der Waals surface area contributed by atoms with Crippen molar-refractivity contribution in [1.29, 1.82) is 0 Å². The van der Waals surface area contributed by atoms with Crippen LogP contribution in [0.3, 0.4) is 0 Å². The average molecular weight is 347 g/mol. The first-order chi connectivity index (χ1) is 11.6. The number of nitrogens with one attached hydrogen (secondary N) is 1. The van der Waals surface area contributed by atoms with Crippen molar-refractivity contribution < 1.29 is 9.53 Å². The fraction of sp³-hybridized carbons (Fsp3) is 0.316. The SMILES string of the molecule is COc1ccccc1CCNC(=O)CN(C)Cc1ccccc1Cl. The molecule has 24 heavy (non-hydrogen) atoms. The molecule has 2 rings (SSSR count). The molecule has 0 aromatic heterocycles. The molecule has 4 nitrogen and oxygen atoms in total. The number of methoxy groups -OCH3 is 1. The molecule has 128 valence electrons. The van der Waals surface area contributed by atoms with Gasteiger partial charge < -0.3 is 10.1 Å². The number of benzene rings is 2. The molecular weight excluding hydrogens is 324 g/mol. The Balaban J connectivity index is 1.76. The van der Waals surface area contributed by atoms with Gasteiger partial charge in [-0.2, -0.15) is 0 Å². The number of amides is 1. The maximum absolute atomic E-state index is 12.1.